The molecular weight excluding hydrogens is 286 g/mol. The lowest BCUT2D eigenvalue weighted by molar-refractivity contribution is -0.156. The molecule has 0 unspecified atom stereocenters. The van der Waals surface area contributed by atoms with Crippen molar-refractivity contribution in [2.75, 3.05) is 7.11 Å². The van der Waals surface area contributed by atoms with E-state index < -0.39 is 23.3 Å². The molecule has 0 saturated heterocycles. The Kier molecular flexibility index (Phi) is 3.52. The van der Waals surface area contributed by atoms with Crippen molar-refractivity contribution in [1.29, 1.82) is 0 Å². The van der Waals surface area contributed by atoms with Crippen LogP contribution in [0.3, 0.4) is 0 Å². The molecule has 0 aromatic heterocycles. The fourth-order valence-electron chi connectivity index (χ4n) is 3.12. The molecule has 6 nitrogen and oxygen atoms in total. The number of esters is 1. The van der Waals surface area contributed by atoms with Gasteiger partial charge < -0.3 is 9.57 Å². The van der Waals surface area contributed by atoms with Crippen LogP contribution in [0.4, 0.5) is 0 Å². The van der Waals surface area contributed by atoms with Gasteiger partial charge in [-0.25, -0.2) is 4.79 Å². The first-order valence-corrected chi connectivity index (χ1v) is 7.04. The summed E-state index contributed by atoms with van der Waals surface area (Å²) in [7, 11) is 1.23. The zero-order chi connectivity index (χ0) is 15.7. The molecule has 22 heavy (non-hydrogen) atoms. The van der Waals surface area contributed by atoms with Crippen LogP contribution in [0.1, 0.15) is 24.8 Å². The molecule has 1 spiro atoms. The highest BCUT2D eigenvalue weighted by molar-refractivity contribution is 6.19. The van der Waals surface area contributed by atoms with Gasteiger partial charge in [-0.05, 0) is 12.8 Å². The molecule has 1 aromatic rings. The molecule has 1 saturated carbocycles. The van der Waals surface area contributed by atoms with Crippen molar-refractivity contribution in [1.82, 2.24) is 0 Å². The van der Waals surface area contributed by atoms with Crippen LogP contribution in [0.2, 0.25) is 0 Å². The van der Waals surface area contributed by atoms with Gasteiger partial charge in [0, 0.05) is 12.0 Å². The monoisotopic (exact) mass is 301 g/mol. The number of methoxy groups -OCH3 is 1. The first kappa shape index (κ1) is 14.4. The van der Waals surface area contributed by atoms with Crippen molar-refractivity contribution in [3.8, 4) is 0 Å². The second-order valence-electron chi connectivity index (χ2n) is 5.51. The summed E-state index contributed by atoms with van der Waals surface area (Å²) in [6, 6.07) is 9.18. The fourth-order valence-corrected chi connectivity index (χ4v) is 3.12. The van der Waals surface area contributed by atoms with Crippen LogP contribution in [0.5, 0.6) is 0 Å². The van der Waals surface area contributed by atoms with Crippen molar-refractivity contribution in [2.24, 2.45) is 16.5 Å². The van der Waals surface area contributed by atoms with Crippen molar-refractivity contribution in [3.63, 3.8) is 0 Å². The summed E-state index contributed by atoms with van der Waals surface area (Å²) in [5.41, 5.74) is 0.194. The largest absolute Gasteiger partial charge is 0.468 e. The number of Topliss-reactive ketones (excluding diaryl/α,β-unsaturated/α-hetero) is 1. The van der Waals surface area contributed by atoms with Crippen LogP contribution in [0.15, 0.2) is 35.5 Å². The standard InChI is InChI=1S/C16H15NO5/c1-21-14(19)11-9-16(8-7-12(11)18)13(17-22-15(16)20)10-5-3-2-4-6-10/h2-6,11H,7-9H2,1H3/t11-,16-/m1/s1. The Hall–Kier alpha value is -2.50. The Morgan fingerprint density at radius 2 is 2.05 bits per heavy atom. The van der Waals surface area contributed by atoms with E-state index in [2.05, 4.69) is 9.89 Å². The fraction of sp³-hybridized carbons (Fsp3) is 0.375. The number of benzene rings is 1. The number of hydrogen-bond donors (Lipinski definition) is 0. The number of hydrogen-bond acceptors (Lipinski definition) is 6. The molecular formula is C16H15NO5. The van der Waals surface area contributed by atoms with Crippen LogP contribution in [-0.2, 0) is 24.0 Å². The molecule has 2 atom stereocenters. The highest BCUT2D eigenvalue weighted by atomic mass is 16.7. The first-order valence-electron chi connectivity index (χ1n) is 7.04. The van der Waals surface area contributed by atoms with E-state index in [4.69, 9.17) is 4.84 Å². The molecule has 1 aliphatic carbocycles. The van der Waals surface area contributed by atoms with Crippen molar-refractivity contribution < 1.29 is 24.0 Å². The predicted molar refractivity (Wildman–Crippen MR) is 75.9 cm³/mol. The number of carbonyl (C=O) groups excluding carboxylic acids is 3. The zero-order valence-electron chi connectivity index (χ0n) is 12.1. The Morgan fingerprint density at radius 1 is 1.32 bits per heavy atom. The summed E-state index contributed by atoms with van der Waals surface area (Å²) >= 11 is 0. The molecule has 1 aliphatic heterocycles. The molecule has 0 N–H and O–H groups in total. The van der Waals surface area contributed by atoms with Gasteiger partial charge >= 0.3 is 11.9 Å². The van der Waals surface area contributed by atoms with Crippen LogP contribution in [0, 0.1) is 11.3 Å². The number of oxime groups is 1. The quantitative estimate of drug-likeness (QED) is 0.469. The minimum Gasteiger partial charge on any atom is -0.468 e. The Labute approximate surface area is 127 Å². The highest BCUT2D eigenvalue weighted by Crippen LogP contribution is 2.45. The molecule has 0 bridgehead atoms. The second-order valence-corrected chi connectivity index (χ2v) is 5.51. The van der Waals surface area contributed by atoms with Gasteiger partial charge in [0.15, 0.2) is 0 Å². The predicted octanol–water partition coefficient (Wildman–Crippen LogP) is 1.48. The molecule has 6 heteroatoms. The summed E-state index contributed by atoms with van der Waals surface area (Å²) in [6.45, 7) is 0. The topological polar surface area (TPSA) is 82.0 Å². The Bertz CT molecular complexity index is 658. The number of rotatable bonds is 2. The van der Waals surface area contributed by atoms with E-state index in [1.807, 2.05) is 30.3 Å². The summed E-state index contributed by atoms with van der Waals surface area (Å²) in [5, 5.41) is 3.91. The van der Waals surface area contributed by atoms with E-state index in [1.54, 1.807) is 0 Å². The molecule has 1 aromatic carbocycles. The molecule has 114 valence electrons. The zero-order valence-corrected chi connectivity index (χ0v) is 12.1. The summed E-state index contributed by atoms with van der Waals surface area (Å²) in [6.07, 6.45) is 0.470. The van der Waals surface area contributed by atoms with E-state index in [0.717, 1.165) is 5.56 Å². The summed E-state index contributed by atoms with van der Waals surface area (Å²) in [4.78, 5) is 41.0. The second kappa shape index (κ2) is 5.36. The Balaban J connectivity index is 1.99. The maximum Gasteiger partial charge on any atom is 0.347 e. The molecule has 0 amide bonds. The number of nitrogens with zero attached hydrogens (tertiary/aromatic N) is 1. The van der Waals surface area contributed by atoms with E-state index in [9.17, 15) is 14.4 Å². The van der Waals surface area contributed by atoms with Gasteiger partial charge in [-0.15, -0.1) is 0 Å². The first-order chi connectivity index (χ1) is 10.6. The van der Waals surface area contributed by atoms with Gasteiger partial charge in [0.2, 0.25) is 0 Å². The van der Waals surface area contributed by atoms with E-state index in [0.29, 0.717) is 12.1 Å². The van der Waals surface area contributed by atoms with Crippen molar-refractivity contribution in [2.45, 2.75) is 19.3 Å². The summed E-state index contributed by atoms with van der Waals surface area (Å²) < 4.78 is 4.69. The van der Waals surface area contributed by atoms with E-state index in [-0.39, 0.29) is 18.6 Å². The minimum atomic E-state index is -1.05. The number of carbonyl (C=O) groups is 3. The van der Waals surface area contributed by atoms with E-state index in [1.165, 1.54) is 7.11 Å². The van der Waals surface area contributed by atoms with Crippen LogP contribution in [-0.4, -0.2) is 30.5 Å². The summed E-state index contributed by atoms with van der Waals surface area (Å²) in [5.74, 6) is -2.27. The normalized spacial score (nSPS) is 27.5. The lowest BCUT2D eigenvalue weighted by atomic mass is 9.65. The average Bonchev–Trinajstić information content (AvgIpc) is 2.86. The van der Waals surface area contributed by atoms with Crippen LogP contribution >= 0.6 is 0 Å². The highest BCUT2D eigenvalue weighted by Gasteiger charge is 2.56. The third-order valence-electron chi connectivity index (χ3n) is 4.34. The average molecular weight is 301 g/mol. The van der Waals surface area contributed by atoms with Crippen molar-refractivity contribution in [3.05, 3.63) is 35.9 Å². The Morgan fingerprint density at radius 3 is 2.73 bits per heavy atom. The minimum absolute atomic E-state index is 0.0467. The third kappa shape index (κ3) is 2.11. The lowest BCUT2D eigenvalue weighted by Crippen LogP contribution is -2.46. The van der Waals surface area contributed by atoms with E-state index >= 15 is 0 Å². The van der Waals surface area contributed by atoms with Gasteiger partial charge in [-0.3, -0.25) is 9.59 Å². The molecule has 1 heterocycles. The molecule has 0 radical (unpaired) electrons. The van der Waals surface area contributed by atoms with Crippen molar-refractivity contribution >= 4 is 23.4 Å². The molecule has 1 fully saturated rings. The van der Waals surface area contributed by atoms with Gasteiger partial charge in [0.25, 0.3) is 0 Å². The maximum atomic E-state index is 12.3. The SMILES string of the molecule is COC(=O)[C@@H]1C[C@@]2(CCC1=O)C(=O)ON=C2c1ccccc1. The molecule has 3 rings (SSSR count). The third-order valence-corrected chi connectivity index (χ3v) is 4.34. The number of ketones is 1. The van der Waals surface area contributed by atoms with Crippen LogP contribution in [0.25, 0.3) is 0 Å². The number of ether oxygens (including phenoxy) is 1. The van der Waals surface area contributed by atoms with Gasteiger partial charge in [0.1, 0.15) is 22.8 Å². The van der Waals surface area contributed by atoms with Gasteiger partial charge in [-0.2, -0.15) is 0 Å². The van der Waals surface area contributed by atoms with Gasteiger partial charge in [-0.1, -0.05) is 35.5 Å². The lowest BCUT2D eigenvalue weighted by Gasteiger charge is -2.33. The maximum absolute atomic E-state index is 12.3. The van der Waals surface area contributed by atoms with Crippen LogP contribution < -0.4 is 0 Å². The smallest absolute Gasteiger partial charge is 0.347 e. The van der Waals surface area contributed by atoms with Gasteiger partial charge in [0.05, 0.1) is 7.11 Å². The molecule has 2 aliphatic rings.